The molecule has 1 saturated heterocycles. The third-order valence-corrected chi connectivity index (χ3v) is 5.45. The third kappa shape index (κ3) is 4.91. The first kappa shape index (κ1) is 20.4. The zero-order valence-electron chi connectivity index (χ0n) is 13.8. The molecular formula is C14H23N2O7S+. The fraction of sp³-hybridized carbons (Fsp3) is 0.786. The van der Waals surface area contributed by atoms with Crippen LogP contribution in [0.5, 0.6) is 0 Å². The van der Waals surface area contributed by atoms with E-state index < -0.39 is 21.6 Å². The van der Waals surface area contributed by atoms with Crippen LogP contribution < -0.4 is 0 Å². The minimum atomic E-state index is -1.13. The summed E-state index contributed by atoms with van der Waals surface area (Å²) < 4.78 is -0.563. The molecule has 0 saturated carbocycles. The molecule has 24 heavy (non-hydrogen) atoms. The predicted octanol–water partition coefficient (Wildman–Crippen LogP) is 2.07. The van der Waals surface area contributed by atoms with E-state index in [1.54, 1.807) is 13.8 Å². The molecule has 0 aromatic rings. The van der Waals surface area contributed by atoms with E-state index in [4.69, 9.17) is 0 Å². The summed E-state index contributed by atoms with van der Waals surface area (Å²) in [5.41, 5.74) is 0. The Morgan fingerprint density at radius 3 is 2.62 bits per heavy atom. The maximum absolute atomic E-state index is 12.6. The fourth-order valence-electron chi connectivity index (χ4n) is 2.89. The van der Waals surface area contributed by atoms with Gasteiger partial charge in [-0.1, -0.05) is 11.8 Å². The van der Waals surface area contributed by atoms with Gasteiger partial charge in [0.1, 0.15) is 6.04 Å². The molecule has 1 unspecified atom stereocenters. The van der Waals surface area contributed by atoms with Gasteiger partial charge in [-0.15, -0.1) is 10.1 Å². The topological polar surface area (TPSA) is 124 Å². The Bertz CT molecular complexity index is 513. The van der Waals surface area contributed by atoms with Crippen molar-refractivity contribution in [2.75, 3.05) is 18.9 Å². The summed E-state index contributed by atoms with van der Waals surface area (Å²) in [6.45, 7) is 3.53. The number of carbonyl (C=O) groups is 3. The van der Waals surface area contributed by atoms with Crippen LogP contribution in [-0.2, 0) is 14.4 Å². The van der Waals surface area contributed by atoms with E-state index in [1.165, 1.54) is 0 Å². The Labute approximate surface area is 144 Å². The molecule has 1 N–H and O–H groups in total. The van der Waals surface area contributed by atoms with Crippen LogP contribution in [0.25, 0.3) is 0 Å². The van der Waals surface area contributed by atoms with Gasteiger partial charge in [-0.2, -0.15) is 9.28 Å². The van der Waals surface area contributed by atoms with Gasteiger partial charge >= 0.3 is 12.0 Å². The smallest absolute Gasteiger partial charge is 0.435 e. The van der Waals surface area contributed by atoms with Gasteiger partial charge < -0.3 is 9.94 Å². The number of amides is 2. The first-order valence-corrected chi connectivity index (χ1v) is 8.79. The average Bonchev–Trinajstić information content (AvgIpc) is 2.90. The number of thioether (sulfide) groups is 1. The number of imide groups is 1. The van der Waals surface area contributed by atoms with E-state index in [0.717, 1.165) is 11.8 Å². The minimum Gasteiger partial charge on any atom is -0.435 e. The molecule has 1 fully saturated rings. The molecule has 0 bridgehead atoms. The lowest BCUT2D eigenvalue weighted by Crippen LogP contribution is -2.60. The lowest BCUT2D eigenvalue weighted by atomic mass is 10.1. The van der Waals surface area contributed by atoms with Crippen LogP contribution in [0.1, 0.15) is 39.5 Å². The van der Waals surface area contributed by atoms with Crippen molar-refractivity contribution in [1.82, 2.24) is 0 Å². The van der Waals surface area contributed by atoms with Gasteiger partial charge in [-0.05, 0) is 20.3 Å². The molecule has 1 heterocycles. The quantitative estimate of drug-likeness (QED) is 0.301. The van der Waals surface area contributed by atoms with Gasteiger partial charge in [-0.3, -0.25) is 4.79 Å². The molecule has 0 aromatic heterocycles. The summed E-state index contributed by atoms with van der Waals surface area (Å²) in [5.74, 6) is -0.733. The second kappa shape index (κ2) is 8.97. The van der Waals surface area contributed by atoms with Crippen molar-refractivity contribution in [2.24, 2.45) is 5.92 Å². The third-order valence-electron chi connectivity index (χ3n) is 4.26. The van der Waals surface area contributed by atoms with E-state index in [1.807, 2.05) is 0 Å². The van der Waals surface area contributed by atoms with Gasteiger partial charge in [0.2, 0.25) is 0 Å². The van der Waals surface area contributed by atoms with E-state index >= 15 is 0 Å². The average molecular weight is 363 g/mol. The summed E-state index contributed by atoms with van der Waals surface area (Å²) in [7, 11) is 0. The molecule has 1 rings (SSSR count). The van der Waals surface area contributed by atoms with Crippen LogP contribution in [-0.4, -0.2) is 56.7 Å². The number of carboxylic acid groups (broad SMARTS) is 1. The van der Waals surface area contributed by atoms with Crippen molar-refractivity contribution in [2.45, 2.75) is 45.6 Å². The minimum absolute atomic E-state index is 0.106. The maximum Gasteiger partial charge on any atom is 0.521 e. The van der Waals surface area contributed by atoms with Gasteiger partial charge in [0, 0.05) is 25.0 Å². The van der Waals surface area contributed by atoms with Gasteiger partial charge in [0.15, 0.2) is 5.12 Å². The maximum atomic E-state index is 12.6. The SMILES string of the molecule is C[C@H](CSC(=O)CCCO[N+](=O)[O-])C(=O)[N+]1(C(=O)O)CCC[C@H]1C. The molecule has 136 valence electrons. The van der Waals surface area contributed by atoms with Crippen molar-refractivity contribution in [1.29, 1.82) is 0 Å². The standard InChI is InChI=1S/C14H22N2O7S/c1-10(9-24-12(17)6-4-8-23-15(21)22)13(18)16(14(19)20)7-3-5-11(16)2/h10-11H,3-9H2,1-2H3/p+1/t10-,11-,16?/m1/s1. The normalized spacial score (nSPS) is 24.3. The Morgan fingerprint density at radius 2 is 2.12 bits per heavy atom. The largest absolute Gasteiger partial charge is 0.521 e. The van der Waals surface area contributed by atoms with E-state index in [0.29, 0.717) is 12.8 Å². The molecule has 1 aliphatic rings. The zero-order valence-corrected chi connectivity index (χ0v) is 14.6. The fourth-order valence-corrected chi connectivity index (χ4v) is 3.76. The Kier molecular flexibility index (Phi) is 7.61. The molecule has 9 nitrogen and oxygen atoms in total. The highest BCUT2D eigenvalue weighted by Gasteiger charge is 2.54. The highest BCUT2D eigenvalue weighted by molar-refractivity contribution is 8.13. The number of likely N-dealkylation sites (tertiary alicyclic amines) is 1. The van der Waals surface area contributed by atoms with Crippen LogP contribution in [0.4, 0.5) is 4.79 Å². The molecule has 0 aliphatic carbocycles. The monoisotopic (exact) mass is 363 g/mol. The van der Waals surface area contributed by atoms with Crippen molar-refractivity contribution in [3.8, 4) is 0 Å². The van der Waals surface area contributed by atoms with Gasteiger partial charge in [0.05, 0.1) is 19.1 Å². The first-order chi connectivity index (χ1) is 11.2. The second-order valence-corrected chi connectivity index (χ2v) is 7.03. The van der Waals surface area contributed by atoms with Crippen LogP contribution >= 0.6 is 11.8 Å². The Balaban J connectivity index is 2.47. The lowest BCUT2D eigenvalue weighted by Gasteiger charge is -2.31. The zero-order chi connectivity index (χ0) is 18.3. The summed E-state index contributed by atoms with van der Waals surface area (Å²) in [5, 5.41) is 18.4. The summed E-state index contributed by atoms with van der Waals surface area (Å²) in [4.78, 5) is 50.1. The van der Waals surface area contributed by atoms with Crippen LogP contribution in [0.15, 0.2) is 0 Å². The Morgan fingerprint density at radius 1 is 1.46 bits per heavy atom. The van der Waals surface area contributed by atoms with Crippen molar-refractivity contribution >= 4 is 28.9 Å². The summed E-state index contributed by atoms with van der Waals surface area (Å²) in [6.07, 6.45) is 0.572. The molecule has 3 atom stereocenters. The molecule has 0 spiro atoms. The summed E-state index contributed by atoms with van der Waals surface area (Å²) >= 11 is 0.954. The highest BCUT2D eigenvalue weighted by Crippen LogP contribution is 2.31. The molecule has 0 radical (unpaired) electrons. The first-order valence-electron chi connectivity index (χ1n) is 7.80. The van der Waals surface area contributed by atoms with Crippen LogP contribution in [0, 0.1) is 16.0 Å². The number of quaternary nitrogens is 1. The second-order valence-electron chi connectivity index (χ2n) is 5.95. The number of nitrogens with zero attached hydrogens (tertiary/aromatic N) is 2. The molecular weight excluding hydrogens is 340 g/mol. The molecule has 2 amide bonds. The molecule has 0 aromatic carbocycles. The van der Waals surface area contributed by atoms with Crippen molar-refractivity contribution < 1.29 is 33.9 Å². The van der Waals surface area contributed by atoms with Crippen LogP contribution in [0.3, 0.4) is 0 Å². The molecule has 1 aliphatic heterocycles. The van der Waals surface area contributed by atoms with Gasteiger partial charge in [0.25, 0.3) is 5.09 Å². The number of hydrogen-bond acceptors (Lipinski definition) is 7. The number of rotatable bonds is 8. The summed E-state index contributed by atoms with van der Waals surface area (Å²) in [6, 6.07) is -0.266. The molecule has 10 heteroatoms. The predicted molar refractivity (Wildman–Crippen MR) is 85.7 cm³/mol. The van der Waals surface area contributed by atoms with E-state index in [-0.39, 0.29) is 48.8 Å². The Hall–Kier alpha value is -1.68. The van der Waals surface area contributed by atoms with Crippen LogP contribution in [0.2, 0.25) is 0 Å². The number of carbonyl (C=O) groups excluding carboxylic acids is 2. The number of hydrogen-bond donors (Lipinski definition) is 1. The van der Waals surface area contributed by atoms with Crippen molar-refractivity contribution in [3.63, 3.8) is 0 Å². The highest BCUT2D eigenvalue weighted by atomic mass is 32.2. The van der Waals surface area contributed by atoms with E-state index in [9.17, 15) is 29.6 Å². The van der Waals surface area contributed by atoms with Gasteiger partial charge in [-0.25, -0.2) is 4.79 Å². The van der Waals surface area contributed by atoms with E-state index in [2.05, 4.69) is 4.84 Å². The van der Waals surface area contributed by atoms with Crippen molar-refractivity contribution in [3.05, 3.63) is 10.1 Å². The lowest BCUT2D eigenvalue weighted by molar-refractivity contribution is -0.793.